The molecular formula is C14H24N2O2S. The maximum Gasteiger partial charge on any atom is 0.233 e. The highest BCUT2D eigenvalue weighted by Crippen LogP contribution is 2.19. The number of anilines is 1. The molecule has 0 amide bonds. The molecule has 0 aliphatic carbocycles. The van der Waals surface area contributed by atoms with Crippen LogP contribution in [0.1, 0.15) is 38.7 Å². The first-order chi connectivity index (χ1) is 8.94. The average Bonchev–Trinajstić information content (AvgIpc) is 2.34. The molecular weight excluding hydrogens is 260 g/mol. The number of benzene rings is 1. The van der Waals surface area contributed by atoms with Gasteiger partial charge in [0.15, 0.2) is 0 Å². The first-order valence-corrected chi connectivity index (χ1v) is 8.41. The summed E-state index contributed by atoms with van der Waals surface area (Å²) in [6, 6.07) is 7.55. The van der Waals surface area contributed by atoms with Gasteiger partial charge in [-0.3, -0.25) is 4.72 Å². The van der Waals surface area contributed by atoms with Crippen molar-refractivity contribution in [2.45, 2.75) is 33.1 Å². The van der Waals surface area contributed by atoms with E-state index in [0.717, 1.165) is 18.5 Å². The molecule has 5 heteroatoms. The number of nitrogens with one attached hydrogen (secondary N) is 2. The van der Waals surface area contributed by atoms with Crippen molar-refractivity contribution in [3.05, 3.63) is 29.8 Å². The van der Waals surface area contributed by atoms with Gasteiger partial charge in [0, 0.05) is 12.2 Å². The maximum absolute atomic E-state index is 11.9. The molecule has 1 aromatic rings. The minimum Gasteiger partial charge on any atom is -0.316 e. The van der Waals surface area contributed by atoms with Crippen molar-refractivity contribution in [3.63, 3.8) is 0 Å². The molecule has 0 spiro atoms. The van der Waals surface area contributed by atoms with E-state index in [2.05, 4.69) is 30.8 Å². The van der Waals surface area contributed by atoms with E-state index in [1.807, 2.05) is 18.2 Å². The first kappa shape index (κ1) is 16.0. The summed E-state index contributed by atoms with van der Waals surface area (Å²) in [6.07, 6.45) is 1.00. The smallest absolute Gasteiger partial charge is 0.233 e. The molecule has 1 rings (SSSR count). The lowest BCUT2D eigenvalue weighted by atomic mass is 10.0. The molecule has 1 aromatic carbocycles. The second-order valence-corrected chi connectivity index (χ2v) is 6.79. The molecule has 0 aromatic heterocycles. The van der Waals surface area contributed by atoms with Crippen molar-refractivity contribution in [2.24, 2.45) is 0 Å². The van der Waals surface area contributed by atoms with Crippen LogP contribution in [0.2, 0.25) is 0 Å². The zero-order valence-corrected chi connectivity index (χ0v) is 12.8. The predicted octanol–water partition coefficient (Wildman–Crippen LogP) is 2.55. The number of sulfonamides is 1. The van der Waals surface area contributed by atoms with Crippen LogP contribution in [0.15, 0.2) is 24.3 Å². The van der Waals surface area contributed by atoms with Crippen molar-refractivity contribution >= 4 is 15.7 Å². The van der Waals surface area contributed by atoms with Crippen LogP contribution in [0.5, 0.6) is 0 Å². The summed E-state index contributed by atoms with van der Waals surface area (Å²) in [5.74, 6) is 0.481. The highest BCUT2D eigenvalue weighted by molar-refractivity contribution is 7.92. The van der Waals surface area contributed by atoms with Crippen LogP contribution < -0.4 is 10.0 Å². The van der Waals surface area contributed by atoms with E-state index in [1.54, 1.807) is 6.07 Å². The Morgan fingerprint density at radius 1 is 1.21 bits per heavy atom. The molecule has 0 aliphatic rings. The van der Waals surface area contributed by atoms with Crippen molar-refractivity contribution in [3.8, 4) is 0 Å². The molecule has 0 atom stereocenters. The van der Waals surface area contributed by atoms with Crippen LogP contribution in [-0.2, 0) is 10.0 Å². The van der Waals surface area contributed by atoms with Crippen molar-refractivity contribution in [2.75, 3.05) is 23.6 Å². The van der Waals surface area contributed by atoms with E-state index in [0.29, 0.717) is 18.2 Å². The lowest BCUT2D eigenvalue weighted by Gasteiger charge is -2.11. The van der Waals surface area contributed by atoms with Gasteiger partial charge >= 0.3 is 0 Å². The van der Waals surface area contributed by atoms with Crippen molar-refractivity contribution in [1.29, 1.82) is 0 Å². The fraction of sp³-hybridized carbons (Fsp3) is 0.571. The van der Waals surface area contributed by atoms with E-state index < -0.39 is 10.0 Å². The summed E-state index contributed by atoms with van der Waals surface area (Å²) in [5.41, 5.74) is 1.77. The zero-order chi connectivity index (χ0) is 14.3. The average molecular weight is 284 g/mol. The lowest BCUT2D eigenvalue weighted by molar-refractivity contribution is 0.595. The summed E-state index contributed by atoms with van der Waals surface area (Å²) >= 11 is 0. The van der Waals surface area contributed by atoms with Crippen LogP contribution >= 0.6 is 0 Å². The Morgan fingerprint density at radius 3 is 2.58 bits per heavy atom. The number of hydrogen-bond acceptors (Lipinski definition) is 3. The Kier molecular flexibility index (Phi) is 6.31. The Balaban J connectivity index is 2.60. The molecule has 0 saturated heterocycles. The van der Waals surface area contributed by atoms with Crippen LogP contribution in [0.3, 0.4) is 0 Å². The third-order valence-corrected chi connectivity index (χ3v) is 4.09. The molecule has 0 unspecified atom stereocenters. The molecule has 0 heterocycles. The topological polar surface area (TPSA) is 58.2 Å². The second kappa shape index (κ2) is 7.50. The van der Waals surface area contributed by atoms with Crippen molar-refractivity contribution in [1.82, 2.24) is 5.32 Å². The van der Waals surface area contributed by atoms with Gasteiger partial charge in [-0.25, -0.2) is 8.42 Å². The molecule has 4 nitrogen and oxygen atoms in total. The molecule has 0 bridgehead atoms. The Hall–Kier alpha value is -1.07. The van der Waals surface area contributed by atoms with Crippen molar-refractivity contribution < 1.29 is 8.42 Å². The minimum atomic E-state index is -3.27. The van der Waals surface area contributed by atoms with Gasteiger partial charge in [0.2, 0.25) is 10.0 Å². The molecule has 19 heavy (non-hydrogen) atoms. The van der Waals surface area contributed by atoms with E-state index in [9.17, 15) is 8.42 Å². The number of hydrogen-bond donors (Lipinski definition) is 2. The van der Waals surface area contributed by atoms with Crippen LogP contribution in [-0.4, -0.2) is 27.3 Å². The van der Waals surface area contributed by atoms with Gasteiger partial charge in [-0.15, -0.1) is 0 Å². The third-order valence-electron chi connectivity index (χ3n) is 2.80. The summed E-state index contributed by atoms with van der Waals surface area (Å²) in [7, 11) is -3.27. The third kappa shape index (κ3) is 6.07. The Bertz CT molecular complexity index is 484. The molecule has 0 aliphatic heterocycles. The minimum absolute atomic E-state index is 0.0961. The molecule has 0 radical (unpaired) electrons. The Morgan fingerprint density at radius 2 is 1.95 bits per heavy atom. The van der Waals surface area contributed by atoms with Gasteiger partial charge in [-0.05, 0) is 36.6 Å². The molecule has 0 fully saturated rings. The Labute approximate surface area is 116 Å². The predicted molar refractivity (Wildman–Crippen MR) is 81.1 cm³/mol. The van der Waals surface area contributed by atoms with Crippen LogP contribution in [0.4, 0.5) is 5.69 Å². The normalized spacial score (nSPS) is 11.8. The number of rotatable bonds is 8. The zero-order valence-electron chi connectivity index (χ0n) is 11.9. The van der Waals surface area contributed by atoms with Gasteiger partial charge in [0.05, 0.1) is 5.75 Å². The van der Waals surface area contributed by atoms with Gasteiger partial charge in [-0.2, -0.15) is 0 Å². The van der Waals surface area contributed by atoms with E-state index >= 15 is 0 Å². The lowest BCUT2D eigenvalue weighted by Crippen LogP contribution is -2.27. The first-order valence-electron chi connectivity index (χ1n) is 6.76. The fourth-order valence-electron chi connectivity index (χ4n) is 1.70. The summed E-state index contributed by atoms with van der Waals surface area (Å²) in [5, 5.41) is 3.09. The molecule has 2 N–H and O–H groups in total. The largest absolute Gasteiger partial charge is 0.316 e. The fourth-order valence-corrected chi connectivity index (χ4v) is 2.70. The highest BCUT2D eigenvalue weighted by atomic mass is 32.2. The van der Waals surface area contributed by atoms with Crippen LogP contribution in [0.25, 0.3) is 0 Å². The standard InChI is InChI=1S/C14H24N2O2S/c1-4-8-15-9-10-19(17,18)16-14-7-5-6-13(11-14)12(2)3/h5-7,11-12,15-16H,4,8-10H2,1-3H3. The summed E-state index contributed by atoms with van der Waals surface area (Å²) in [4.78, 5) is 0. The summed E-state index contributed by atoms with van der Waals surface area (Å²) < 4.78 is 26.4. The second-order valence-electron chi connectivity index (χ2n) is 4.95. The molecule has 0 saturated carbocycles. The monoisotopic (exact) mass is 284 g/mol. The SMILES string of the molecule is CCCNCCS(=O)(=O)Nc1cccc(C(C)C)c1. The van der Waals surface area contributed by atoms with E-state index in [-0.39, 0.29) is 5.75 Å². The van der Waals surface area contributed by atoms with Gasteiger partial charge in [0.1, 0.15) is 0 Å². The highest BCUT2D eigenvalue weighted by Gasteiger charge is 2.10. The van der Waals surface area contributed by atoms with Crippen LogP contribution in [0, 0.1) is 0 Å². The quantitative estimate of drug-likeness (QED) is 0.721. The van der Waals surface area contributed by atoms with Gasteiger partial charge in [-0.1, -0.05) is 32.9 Å². The van der Waals surface area contributed by atoms with E-state index in [4.69, 9.17) is 0 Å². The molecule has 108 valence electrons. The van der Waals surface area contributed by atoms with Gasteiger partial charge in [0.25, 0.3) is 0 Å². The van der Waals surface area contributed by atoms with E-state index in [1.165, 1.54) is 0 Å². The van der Waals surface area contributed by atoms with Gasteiger partial charge < -0.3 is 5.32 Å². The maximum atomic E-state index is 11.9. The summed E-state index contributed by atoms with van der Waals surface area (Å²) in [6.45, 7) is 7.55.